The molecule has 0 saturated carbocycles. The van der Waals surface area contributed by atoms with Crippen LogP contribution in [0.4, 0.5) is 19.1 Å². The highest BCUT2D eigenvalue weighted by Gasteiger charge is 2.31. The number of aromatic nitrogens is 4. The van der Waals surface area contributed by atoms with Crippen LogP contribution < -0.4 is 5.32 Å². The van der Waals surface area contributed by atoms with Crippen LogP contribution in [0.2, 0.25) is 5.02 Å². The number of nitrogens with zero attached hydrogens (tertiary/aromatic N) is 5. The topological polar surface area (TPSA) is 58.3 Å². The van der Waals surface area contributed by atoms with Gasteiger partial charge in [0.15, 0.2) is 0 Å². The standard InChI is InChI=1S/C26H28ClF3N6/c1-3-13-35(14-4-2)15-12-32-25-31-11-10-21(33-25)23-22-9-8-19(26(28,29)30)17-36(22)34-24(23)18-6-5-7-20(27)16-18/h5-11,16-17H,3-4,12-15H2,1-2H3,(H,31,32,33). The van der Waals surface area contributed by atoms with Crippen LogP contribution in [-0.4, -0.2) is 50.7 Å². The molecule has 3 heterocycles. The molecule has 4 aromatic rings. The lowest BCUT2D eigenvalue weighted by Crippen LogP contribution is -2.30. The molecule has 4 rings (SSSR count). The van der Waals surface area contributed by atoms with Crippen LogP contribution in [0.5, 0.6) is 0 Å². The lowest BCUT2D eigenvalue weighted by molar-refractivity contribution is -0.137. The second-order valence-corrected chi connectivity index (χ2v) is 8.95. The monoisotopic (exact) mass is 516 g/mol. The van der Waals surface area contributed by atoms with Crippen LogP contribution in [0.1, 0.15) is 32.3 Å². The maximum atomic E-state index is 13.4. The van der Waals surface area contributed by atoms with E-state index in [0.29, 0.717) is 45.5 Å². The minimum Gasteiger partial charge on any atom is -0.353 e. The SMILES string of the molecule is CCCN(CCC)CCNc1nccc(-c2c(-c3cccc(Cl)c3)nn3cc(C(F)(F)F)ccc23)n1. The molecular formula is C26H28ClF3N6. The van der Waals surface area contributed by atoms with Gasteiger partial charge in [-0.2, -0.15) is 18.3 Å². The maximum absolute atomic E-state index is 13.4. The first-order chi connectivity index (χ1) is 17.3. The fourth-order valence-corrected chi connectivity index (χ4v) is 4.37. The van der Waals surface area contributed by atoms with Crippen molar-refractivity contribution in [3.8, 4) is 22.5 Å². The third-order valence-corrected chi connectivity index (χ3v) is 5.99. The molecule has 36 heavy (non-hydrogen) atoms. The molecule has 0 spiro atoms. The van der Waals surface area contributed by atoms with Crippen molar-refractivity contribution in [3.63, 3.8) is 0 Å². The zero-order valence-electron chi connectivity index (χ0n) is 20.2. The lowest BCUT2D eigenvalue weighted by Gasteiger charge is -2.20. The fraction of sp³-hybridized carbons (Fsp3) is 0.346. The Morgan fingerprint density at radius 3 is 2.50 bits per heavy atom. The van der Waals surface area contributed by atoms with Crippen molar-refractivity contribution in [3.05, 3.63) is 65.4 Å². The van der Waals surface area contributed by atoms with Gasteiger partial charge in [-0.05, 0) is 56.3 Å². The molecule has 0 aliphatic rings. The molecule has 0 fully saturated rings. The maximum Gasteiger partial charge on any atom is 0.417 e. The predicted molar refractivity (Wildman–Crippen MR) is 137 cm³/mol. The van der Waals surface area contributed by atoms with E-state index in [-0.39, 0.29) is 0 Å². The highest BCUT2D eigenvalue weighted by molar-refractivity contribution is 6.30. The molecular weight excluding hydrogens is 489 g/mol. The molecule has 0 amide bonds. The molecule has 10 heteroatoms. The van der Waals surface area contributed by atoms with E-state index in [1.165, 1.54) is 10.6 Å². The Morgan fingerprint density at radius 1 is 1.03 bits per heavy atom. The highest BCUT2D eigenvalue weighted by Crippen LogP contribution is 2.37. The summed E-state index contributed by atoms with van der Waals surface area (Å²) in [6, 6.07) is 11.3. The number of rotatable bonds is 10. The van der Waals surface area contributed by atoms with E-state index in [1.807, 2.05) is 6.07 Å². The van der Waals surface area contributed by atoms with E-state index in [9.17, 15) is 13.2 Å². The van der Waals surface area contributed by atoms with Crippen molar-refractivity contribution < 1.29 is 13.2 Å². The molecule has 0 aliphatic heterocycles. The largest absolute Gasteiger partial charge is 0.417 e. The minimum absolute atomic E-state index is 0.448. The average Bonchev–Trinajstić information content (AvgIpc) is 3.23. The number of pyridine rings is 1. The molecule has 0 unspecified atom stereocenters. The third-order valence-electron chi connectivity index (χ3n) is 5.76. The molecule has 0 radical (unpaired) electrons. The summed E-state index contributed by atoms with van der Waals surface area (Å²) in [5.74, 6) is 0.448. The normalized spacial score (nSPS) is 12.0. The zero-order chi connectivity index (χ0) is 25.7. The summed E-state index contributed by atoms with van der Waals surface area (Å²) in [5, 5.41) is 8.28. The van der Waals surface area contributed by atoms with E-state index in [2.05, 4.69) is 39.1 Å². The van der Waals surface area contributed by atoms with Gasteiger partial charge in [0.2, 0.25) is 5.95 Å². The van der Waals surface area contributed by atoms with E-state index >= 15 is 0 Å². The Kier molecular flexibility index (Phi) is 8.11. The first-order valence-corrected chi connectivity index (χ1v) is 12.3. The molecule has 1 N–H and O–H groups in total. The molecule has 0 saturated heterocycles. The summed E-state index contributed by atoms with van der Waals surface area (Å²) in [7, 11) is 0. The molecule has 1 aromatic carbocycles. The van der Waals surface area contributed by atoms with Crippen molar-refractivity contribution in [2.45, 2.75) is 32.9 Å². The van der Waals surface area contributed by atoms with Gasteiger partial charge < -0.3 is 10.2 Å². The van der Waals surface area contributed by atoms with Gasteiger partial charge in [0, 0.05) is 36.1 Å². The number of nitrogens with one attached hydrogen (secondary N) is 1. The summed E-state index contributed by atoms with van der Waals surface area (Å²) >= 11 is 6.21. The van der Waals surface area contributed by atoms with Gasteiger partial charge in [0.1, 0.15) is 5.69 Å². The second-order valence-electron chi connectivity index (χ2n) is 8.51. The first kappa shape index (κ1) is 25.9. The molecule has 0 aliphatic carbocycles. The van der Waals surface area contributed by atoms with E-state index in [0.717, 1.165) is 44.7 Å². The second kappa shape index (κ2) is 11.3. The van der Waals surface area contributed by atoms with Gasteiger partial charge in [-0.25, -0.2) is 14.5 Å². The predicted octanol–water partition coefficient (Wildman–Crippen LogP) is 6.66. The van der Waals surface area contributed by atoms with Crippen LogP contribution in [0.3, 0.4) is 0 Å². The van der Waals surface area contributed by atoms with Crippen LogP contribution in [0.15, 0.2) is 54.9 Å². The average molecular weight is 517 g/mol. The van der Waals surface area contributed by atoms with Gasteiger partial charge in [-0.3, -0.25) is 0 Å². The fourth-order valence-electron chi connectivity index (χ4n) is 4.18. The Balaban J connectivity index is 1.72. The summed E-state index contributed by atoms with van der Waals surface area (Å²) < 4.78 is 41.3. The number of alkyl halides is 3. The van der Waals surface area contributed by atoms with Crippen LogP contribution in [0, 0.1) is 0 Å². The van der Waals surface area contributed by atoms with E-state index < -0.39 is 11.7 Å². The Morgan fingerprint density at radius 2 is 1.81 bits per heavy atom. The molecule has 3 aromatic heterocycles. The number of halogens is 4. The Bertz CT molecular complexity index is 1310. The highest BCUT2D eigenvalue weighted by atomic mass is 35.5. The lowest BCUT2D eigenvalue weighted by atomic mass is 10.0. The Hall–Kier alpha value is -3.17. The number of anilines is 1. The van der Waals surface area contributed by atoms with Crippen LogP contribution >= 0.6 is 11.6 Å². The molecule has 0 bridgehead atoms. The minimum atomic E-state index is -4.48. The van der Waals surface area contributed by atoms with Gasteiger partial charge in [0.05, 0.1) is 22.3 Å². The van der Waals surface area contributed by atoms with Crippen molar-refractivity contribution >= 4 is 23.1 Å². The van der Waals surface area contributed by atoms with Gasteiger partial charge in [0.25, 0.3) is 0 Å². The zero-order valence-corrected chi connectivity index (χ0v) is 20.9. The van der Waals surface area contributed by atoms with E-state index in [1.54, 1.807) is 30.5 Å². The van der Waals surface area contributed by atoms with Crippen molar-refractivity contribution in [1.82, 2.24) is 24.5 Å². The summed E-state index contributed by atoms with van der Waals surface area (Å²) in [6.45, 7) is 7.92. The van der Waals surface area contributed by atoms with Crippen LogP contribution in [-0.2, 0) is 6.18 Å². The summed E-state index contributed by atoms with van der Waals surface area (Å²) in [4.78, 5) is 11.4. The van der Waals surface area contributed by atoms with Crippen molar-refractivity contribution in [1.29, 1.82) is 0 Å². The van der Waals surface area contributed by atoms with Gasteiger partial charge in [-0.1, -0.05) is 37.6 Å². The van der Waals surface area contributed by atoms with Gasteiger partial charge >= 0.3 is 6.18 Å². The molecule has 0 atom stereocenters. The first-order valence-electron chi connectivity index (χ1n) is 11.9. The number of hydrogen-bond donors (Lipinski definition) is 1. The van der Waals surface area contributed by atoms with Crippen molar-refractivity contribution in [2.75, 3.05) is 31.5 Å². The Labute approximate surface area is 213 Å². The van der Waals surface area contributed by atoms with E-state index in [4.69, 9.17) is 11.6 Å². The number of fused-ring (bicyclic) bond motifs is 1. The van der Waals surface area contributed by atoms with Crippen LogP contribution in [0.25, 0.3) is 28.0 Å². The van der Waals surface area contributed by atoms with Crippen molar-refractivity contribution in [2.24, 2.45) is 0 Å². The summed E-state index contributed by atoms with van der Waals surface area (Å²) in [6.07, 6.45) is 0.317. The quantitative estimate of drug-likeness (QED) is 0.255. The number of benzene rings is 1. The smallest absolute Gasteiger partial charge is 0.353 e. The number of hydrogen-bond acceptors (Lipinski definition) is 5. The third kappa shape index (κ3) is 5.96. The summed E-state index contributed by atoms with van der Waals surface area (Å²) in [5.41, 5.74) is 2.04. The molecule has 6 nitrogen and oxygen atoms in total. The molecule has 190 valence electrons. The van der Waals surface area contributed by atoms with Gasteiger partial charge in [-0.15, -0.1) is 0 Å².